The molecule has 1 atom stereocenters. The molecule has 1 fully saturated rings. The van der Waals surface area contributed by atoms with E-state index in [0.717, 1.165) is 19.5 Å². The summed E-state index contributed by atoms with van der Waals surface area (Å²) in [4.78, 5) is 11.8. The van der Waals surface area contributed by atoms with Gasteiger partial charge < -0.3 is 15.1 Å². The van der Waals surface area contributed by atoms with E-state index in [0.29, 0.717) is 0 Å². The van der Waals surface area contributed by atoms with Crippen LogP contribution in [0.25, 0.3) is 0 Å². The van der Waals surface area contributed by atoms with Gasteiger partial charge in [-0.05, 0) is 33.3 Å². The minimum Gasteiger partial charge on any atom is -0.444 e. The minimum absolute atomic E-state index is 0.110. The molecule has 1 rings (SSSR count). The number of carbonyl (C=O) groups is 1. The summed E-state index contributed by atoms with van der Waals surface area (Å²) in [6.07, 6.45) is 6.10. The van der Waals surface area contributed by atoms with Gasteiger partial charge in [0, 0.05) is 39.4 Å². The number of hydrogen-bond acceptors (Lipinski definition) is 5. The molecule has 120 valence electrons. The van der Waals surface area contributed by atoms with E-state index >= 15 is 0 Å². The third-order valence-corrected chi connectivity index (χ3v) is 3.19. The van der Waals surface area contributed by atoms with Crippen LogP contribution in [0.2, 0.25) is 0 Å². The summed E-state index contributed by atoms with van der Waals surface area (Å²) in [7, 11) is 3.96. The monoisotopic (exact) mass is 296 g/mol. The summed E-state index contributed by atoms with van der Waals surface area (Å²) in [5.41, 5.74) is -0.463. The quantitative estimate of drug-likeness (QED) is 0.621. The lowest BCUT2D eigenvalue weighted by atomic mass is 10.2. The summed E-state index contributed by atoms with van der Waals surface area (Å²) in [6, 6.07) is 0.110. The molecule has 0 saturated carbocycles. The van der Waals surface area contributed by atoms with Crippen molar-refractivity contribution in [3.05, 3.63) is 24.9 Å². The second-order valence-corrected chi connectivity index (χ2v) is 6.18. The van der Waals surface area contributed by atoms with Gasteiger partial charge in [0.25, 0.3) is 0 Å². The lowest BCUT2D eigenvalue weighted by Gasteiger charge is -2.34. The van der Waals surface area contributed by atoms with Crippen molar-refractivity contribution in [1.29, 1.82) is 0 Å². The van der Waals surface area contributed by atoms with E-state index in [1.165, 1.54) is 0 Å². The highest BCUT2D eigenvalue weighted by atomic mass is 16.6. The fourth-order valence-corrected chi connectivity index (χ4v) is 2.08. The van der Waals surface area contributed by atoms with E-state index < -0.39 is 5.60 Å². The third kappa shape index (κ3) is 6.18. The molecule has 21 heavy (non-hydrogen) atoms. The van der Waals surface area contributed by atoms with Gasteiger partial charge in [0.1, 0.15) is 5.60 Å². The van der Waals surface area contributed by atoms with Gasteiger partial charge >= 0.3 is 6.09 Å². The minimum atomic E-state index is -0.463. The van der Waals surface area contributed by atoms with Crippen LogP contribution >= 0.6 is 0 Å². The molecular formula is C15H28N4O2. The normalized spacial score (nSPS) is 20.0. The van der Waals surface area contributed by atoms with Crippen molar-refractivity contribution in [2.24, 2.45) is 0 Å². The molecule has 1 saturated heterocycles. The van der Waals surface area contributed by atoms with Crippen molar-refractivity contribution in [2.75, 3.05) is 27.2 Å². The SMILES string of the molecule is C=C/C=C/N(C)N(C)N1CCC(NC(=O)OC(C)(C)C)C1. The predicted molar refractivity (Wildman–Crippen MR) is 84.2 cm³/mol. The van der Waals surface area contributed by atoms with Crippen molar-refractivity contribution >= 4 is 6.09 Å². The Morgan fingerprint density at radius 3 is 2.67 bits per heavy atom. The molecule has 0 radical (unpaired) electrons. The van der Waals surface area contributed by atoms with Crippen LogP contribution in [0.4, 0.5) is 4.79 Å². The maximum atomic E-state index is 11.8. The Morgan fingerprint density at radius 1 is 1.43 bits per heavy atom. The first-order valence-corrected chi connectivity index (χ1v) is 7.23. The lowest BCUT2D eigenvalue weighted by Crippen LogP contribution is -2.48. The number of nitrogens with one attached hydrogen (secondary N) is 1. The van der Waals surface area contributed by atoms with Crippen molar-refractivity contribution in [3.63, 3.8) is 0 Å². The summed E-state index contributed by atoms with van der Waals surface area (Å²) in [6.45, 7) is 10.9. The van der Waals surface area contributed by atoms with Gasteiger partial charge in [-0.25, -0.2) is 9.80 Å². The number of alkyl carbamates (subject to hydrolysis) is 1. The van der Waals surface area contributed by atoms with Crippen molar-refractivity contribution in [3.8, 4) is 0 Å². The molecule has 0 spiro atoms. The van der Waals surface area contributed by atoms with Crippen LogP contribution in [0.5, 0.6) is 0 Å². The second kappa shape index (κ2) is 7.47. The maximum absolute atomic E-state index is 11.8. The number of hydrazine groups is 2. The Labute approximate surface area is 128 Å². The standard InChI is InChI=1S/C15H28N4O2/c1-7-8-10-17(5)18(6)19-11-9-13(12-19)16-14(20)21-15(2,3)4/h7-8,10,13H,1,9,11-12H2,2-6H3,(H,16,20)/b10-8+. The predicted octanol–water partition coefficient (Wildman–Crippen LogP) is 1.98. The molecule has 1 aliphatic rings. The lowest BCUT2D eigenvalue weighted by molar-refractivity contribution is -0.115. The third-order valence-electron chi connectivity index (χ3n) is 3.19. The molecule has 1 N–H and O–H groups in total. The topological polar surface area (TPSA) is 48.0 Å². The zero-order valence-corrected chi connectivity index (χ0v) is 13.8. The molecule has 1 amide bonds. The van der Waals surface area contributed by atoms with Crippen LogP contribution in [-0.2, 0) is 4.74 Å². The number of nitrogens with zero attached hydrogens (tertiary/aromatic N) is 3. The van der Waals surface area contributed by atoms with Crippen LogP contribution in [0.1, 0.15) is 27.2 Å². The first-order chi connectivity index (χ1) is 9.73. The zero-order valence-electron chi connectivity index (χ0n) is 13.8. The molecular weight excluding hydrogens is 268 g/mol. The average Bonchev–Trinajstić information content (AvgIpc) is 2.80. The van der Waals surface area contributed by atoms with Crippen LogP contribution < -0.4 is 5.32 Å². The highest BCUT2D eigenvalue weighted by Gasteiger charge is 2.28. The van der Waals surface area contributed by atoms with E-state index in [9.17, 15) is 4.79 Å². The van der Waals surface area contributed by atoms with Gasteiger partial charge in [-0.15, -0.1) is 0 Å². The van der Waals surface area contributed by atoms with Crippen molar-refractivity contribution in [1.82, 2.24) is 20.5 Å². The average molecular weight is 296 g/mol. The van der Waals surface area contributed by atoms with Gasteiger partial charge in [0.15, 0.2) is 0 Å². The molecule has 6 nitrogen and oxygen atoms in total. The van der Waals surface area contributed by atoms with E-state index in [1.54, 1.807) is 6.08 Å². The Balaban J connectivity index is 2.43. The van der Waals surface area contributed by atoms with Crippen LogP contribution in [0.3, 0.4) is 0 Å². The van der Waals surface area contributed by atoms with E-state index in [2.05, 4.69) is 16.9 Å². The number of hydrogen-bond donors (Lipinski definition) is 1. The molecule has 1 unspecified atom stereocenters. The Morgan fingerprint density at radius 2 is 2.10 bits per heavy atom. The van der Waals surface area contributed by atoms with E-state index in [-0.39, 0.29) is 12.1 Å². The van der Waals surface area contributed by atoms with Crippen LogP contribution in [0.15, 0.2) is 24.9 Å². The second-order valence-electron chi connectivity index (χ2n) is 6.18. The molecule has 0 aromatic rings. The Hall–Kier alpha value is -1.53. The highest BCUT2D eigenvalue weighted by Crippen LogP contribution is 2.14. The van der Waals surface area contributed by atoms with Crippen LogP contribution in [-0.4, -0.2) is 60.1 Å². The summed E-state index contributed by atoms with van der Waals surface area (Å²) >= 11 is 0. The van der Waals surface area contributed by atoms with Gasteiger partial charge in [-0.1, -0.05) is 12.7 Å². The summed E-state index contributed by atoms with van der Waals surface area (Å²) in [5, 5.41) is 9.09. The smallest absolute Gasteiger partial charge is 0.407 e. The molecule has 0 aromatic carbocycles. The van der Waals surface area contributed by atoms with Crippen molar-refractivity contribution in [2.45, 2.75) is 38.8 Å². The maximum Gasteiger partial charge on any atom is 0.407 e. The molecule has 1 aliphatic heterocycles. The van der Waals surface area contributed by atoms with Gasteiger partial charge in [0.05, 0.1) is 0 Å². The summed E-state index contributed by atoms with van der Waals surface area (Å²) < 4.78 is 5.28. The number of carbonyl (C=O) groups excluding carboxylic acids is 1. The Bertz CT molecular complexity index is 390. The van der Waals surface area contributed by atoms with Gasteiger partial charge in [-0.2, -0.15) is 5.12 Å². The highest BCUT2D eigenvalue weighted by molar-refractivity contribution is 5.68. The summed E-state index contributed by atoms with van der Waals surface area (Å²) in [5.74, 6) is 0. The molecule has 0 bridgehead atoms. The molecule has 6 heteroatoms. The zero-order chi connectivity index (χ0) is 16.0. The molecule has 0 aliphatic carbocycles. The molecule has 1 heterocycles. The fourth-order valence-electron chi connectivity index (χ4n) is 2.08. The van der Waals surface area contributed by atoms with E-state index in [1.807, 2.05) is 57.3 Å². The largest absolute Gasteiger partial charge is 0.444 e. The number of ether oxygens (including phenoxy) is 1. The van der Waals surface area contributed by atoms with Gasteiger partial charge in [-0.3, -0.25) is 0 Å². The van der Waals surface area contributed by atoms with Gasteiger partial charge in [0.2, 0.25) is 0 Å². The fraction of sp³-hybridized carbons (Fsp3) is 0.667. The number of amides is 1. The Kier molecular flexibility index (Phi) is 6.23. The first-order valence-electron chi connectivity index (χ1n) is 7.23. The number of allylic oxidation sites excluding steroid dienone is 2. The van der Waals surface area contributed by atoms with E-state index in [4.69, 9.17) is 4.74 Å². The van der Waals surface area contributed by atoms with Crippen LogP contribution in [0, 0.1) is 0 Å². The number of rotatable bonds is 5. The first kappa shape index (κ1) is 17.5. The molecule has 0 aromatic heterocycles. The van der Waals surface area contributed by atoms with Crippen molar-refractivity contribution < 1.29 is 9.53 Å².